The van der Waals surface area contributed by atoms with Gasteiger partial charge in [-0.1, -0.05) is 11.6 Å². The molecule has 0 amide bonds. The van der Waals surface area contributed by atoms with Crippen LogP contribution in [0.4, 0.5) is 0 Å². The van der Waals surface area contributed by atoms with Crippen molar-refractivity contribution in [3.8, 4) is 0 Å². The average Bonchev–Trinajstić information content (AvgIpc) is 2.70. The highest BCUT2D eigenvalue weighted by molar-refractivity contribution is 6.30. The third-order valence-corrected chi connectivity index (χ3v) is 4.35. The van der Waals surface area contributed by atoms with Crippen molar-refractivity contribution >= 4 is 17.6 Å². The van der Waals surface area contributed by atoms with E-state index in [0.29, 0.717) is 18.8 Å². The van der Waals surface area contributed by atoms with Gasteiger partial charge in [0.2, 0.25) is 0 Å². The normalized spacial score (nSPS) is 19.7. The molecule has 1 aromatic rings. The van der Waals surface area contributed by atoms with Crippen LogP contribution in [0.5, 0.6) is 0 Å². The SMILES string of the molecule is Cn1cnc(Cl)c1C(C(=O)O)N1CCN(C(C)(C)C)CC1. The second kappa shape index (κ2) is 5.94. The Hall–Kier alpha value is -1.11. The maximum absolute atomic E-state index is 11.7. The van der Waals surface area contributed by atoms with Gasteiger partial charge in [-0.25, -0.2) is 4.98 Å². The fraction of sp³-hybridized carbons (Fsp3) is 0.714. The molecule has 0 spiro atoms. The van der Waals surface area contributed by atoms with Gasteiger partial charge in [0.1, 0.15) is 0 Å². The van der Waals surface area contributed by atoms with E-state index in [1.807, 2.05) is 4.90 Å². The maximum Gasteiger partial charge on any atom is 0.327 e. The van der Waals surface area contributed by atoms with Crippen LogP contribution in [-0.4, -0.2) is 62.1 Å². The summed E-state index contributed by atoms with van der Waals surface area (Å²) >= 11 is 6.07. The van der Waals surface area contributed by atoms with Crippen molar-refractivity contribution in [1.29, 1.82) is 0 Å². The summed E-state index contributed by atoms with van der Waals surface area (Å²) in [4.78, 5) is 20.1. The monoisotopic (exact) mass is 314 g/mol. The molecule has 1 aromatic heterocycles. The lowest BCUT2D eigenvalue weighted by molar-refractivity contribution is -0.145. The van der Waals surface area contributed by atoms with E-state index in [-0.39, 0.29) is 10.7 Å². The van der Waals surface area contributed by atoms with Crippen LogP contribution in [0.1, 0.15) is 32.5 Å². The molecule has 0 bridgehead atoms. The molecule has 2 rings (SSSR count). The Bertz CT molecular complexity index is 496. The second-order valence-electron chi connectivity index (χ2n) is 6.47. The summed E-state index contributed by atoms with van der Waals surface area (Å²) in [5.74, 6) is -0.885. The van der Waals surface area contributed by atoms with Crippen molar-refractivity contribution in [2.75, 3.05) is 26.2 Å². The van der Waals surface area contributed by atoms with Crippen LogP contribution in [0.15, 0.2) is 6.33 Å². The quantitative estimate of drug-likeness (QED) is 0.918. The van der Waals surface area contributed by atoms with Crippen LogP contribution in [-0.2, 0) is 11.8 Å². The van der Waals surface area contributed by atoms with Crippen molar-refractivity contribution in [2.45, 2.75) is 32.4 Å². The van der Waals surface area contributed by atoms with E-state index in [9.17, 15) is 9.90 Å². The first-order valence-electron chi connectivity index (χ1n) is 7.10. The Labute approximate surface area is 130 Å². The fourth-order valence-electron chi connectivity index (χ4n) is 2.81. The van der Waals surface area contributed by atoms with Gasteiger partial charge >= 0.3 is 5.97 Å². The van der Waals surface area contributed by atoms with Crippen molar-refractivity contribution in [3.63, 3.8) is 0 Å². The largest absolute Gasteiger partial charge is 0.480 e. The van der Waals surface area contributed by atoms with Crippen LogP contribution < -0.4 is 0 Å². The summed E-state index contributed by atoms with van der Waals surface area (Å²) in [6.07, 6.45) is 1.55. The minimum Gasteiger partial charge on any atom is -0.480 e. The molecule has 0 aromatic carbocycles. The molecule has 0 saturated carbocycles. The Morgan fingerprint density at radius 1 is 1.33 bits per heavy atom. The lowest BCUT2D eigenvalue weighted by atomic mass is 10.0. The standard InChI is InChI=1S/C14H23ClN4O2/c1-14(2,3)19-7-5-18(6-8-19)11(13(20)21)10-12(15)16-9-17(10)4/h9,11H,5-8H2,1-4H3,(H,20,21). The molecule has 1 atom stereocenters. The molecule has 1 aliphatic heterocycles. The lowest BCUT2D eigenvalue weighted by Crippen LogP contribution is -2.55. The molecule has 1 N–H and O–H groups in total. The minimum atomic E-state index is -0.885. The number of hydrogen-bond donors (Lipinski definition) is 1. The first-order chi connectivity index (χ1) is 9.71. The Kier molecular flexibility index (Phi) is 4.60. The predicted octanol–water partition coefficient (Wildman–Crippen LogP) is 1.62. The summed E-state index contributed by atoms with van der Waals surface area (Å²) in [6, 6.07) is -0.743. The van der Waals surface area contributed by atoms with Gasteiger partial charge in [-0.15, -0.1) is 0 Å². The zero-order valence-corrected chi connectivity index (χ0v) is 13.8. The van der Waals surface area contributed by atoms with Crippen molar-refractivity contribution in [1.82, 2.24) is 19.4 Å². The molecule has 0 aliphatic carbocycles. The van der Waals surface area contributed by atoms with Crippen LogP contribution in [0, 0.1) is 0 Å². The Morgan fingerprint density at radius 2 is 1.90 bits per heavy atom. The van der Waals surface area contributed by atoms with Crippen molar-refractivity contribution in [2.24, 2.45) is 7.05 Å². The van der Waals surface area contributed by atoms with Gasteiger partial charge in [0.15, 0.2) is 11.2 Å². The molecule has 1 unspecified atom stereocenters. The van der Waals surface area contributed by atoms with Gasteiger partial charge in [-0.05, 0) is 20.8 Å². The number of hydrogen-bond acceptors (Lipinski definition) is 4. The number of piperazine rings is 1. The molecular formula is C14H23ClN4O2. The molecule has 1 fully saturated rings. The topological polar surface area (TPSA) is 61.6 Å². The zero-order chi connectivity index (χ0) is 15.8. The number of halogens is 1. The van der Waals surface area contributed by atoms with Crippen LogP contribution in [0.25, 0.3) is 0 Å². The van der Waals surface area contributed by atoms with Gasteiger partial charge in [-0.3, -0.25) is 14.6 Å². The Balaban J connectivity index is 2.17. The summed E-state index contributed by atoms with van der Waals surface area (Å²) in [5.41, 5.74) is 0.656. The van der Waals surface area contributed by atoms with Gasteiger partial charge in [0.25, 0.3) is 0 Å². The second-order valence-corrected chi connectivity index (χ2v) is 6.82. The number of imidazole rings is 1. The number of carbonyl (C=O) groups is 1. The molecule has 7 heteroatoms. The molecule has 1 aliphatic rings. The number of carboxylic acids is 1. The van der Waals surface area contributed by atoms with Gasteiger partial charge in [0.05, 0.1) is 12.0 Å². The number of aromatic nitrogens is 2. The third-order valence-electron chi connectivity index (χ3n) is 4.06. The van der Waals surface area contributed by atoms with E-state index in [2.05, 4.69) is 30.7 Å². The summed E-state index contributed by atoms with van der Waals surface area (Å²) < 4.78 is 1.69. The smallest absolute Gasteiger partial charge is 0.327 e. The highest BCUT2D eigenvalue weighted by atomic mass is 35.5. The third kappa shape index (κ3) is 3.39. The Morgan fingerprint density at radius 3 is 2.29 bits per heavy atom. The number of aliphatic carboxylic acids is 1. The first kappa shape index (κ1) is 16.3. The highest BCUT2D eigenvalue weighted by Crippen LogP contribution is 2.28. The maximum atomic E-state index is 11.7. The van der Waals surface area contributed by atoms with Crippen molar-refractivity contribution < 1.29 is 9.90 Å². The van der Waals surface area contributed by atoms with Gasteiger partial charge in [-0.2, -0.15) is 0 Å². The molecule has 6 nitrogen and oxygen atoms in total. The van der Waals surface area contributed by atoms with Crippen LogP contribution >= 0.6 is 11.6 Å². The number of aryl methyl sites for hydroxylation is 1. The summed E-state index contributed by atoms with van der Waals surface area (Å²) in [7, 11) is 1.77. The van der Waals surface area contributed by atoms with E-state index >= 15 is 0 Å². The van der Waals surface area contributed by atoms with Crippen molar-refractivity contribution in [3.05, 3.63) is 17.2 Å². The van der Waals surface area contributed by atoms with Gasteiger partial charge in [0, 0.05) is 38.8 Å². The predicted molar refractivity (Wildman–Crippen MR) is 81.5 cm³/mol. The minimum absolute atomic E-state index is 0.106. The number of nitrogens with zero attached hydrogens (tertiary/aromatic N) is 4. The highest BCUT2D eigenvalue weighted by Gasteiger charge is 2.35. The zero-order valence-electron chi connectivity index (χ0n) is 13.0. The summed E-state index contributed by atoms with van der Waals surface area (Å²) in [5, 5.41) is 9.88. The van der Waals surface area contributed by atoms with E-state index in [1.165, 1.54) is 0 Å². The molecular weight excluding hydrogens is 292 g/mol. The van der Waals surface area contributed by atoms with E-state index in [1.54, 1.807) is 17.9 Å². The molecule has 118 valence electrons. The summed E-state index contributed by atoms with van der Waals surface area (Å²) in [6.45, 7) is 9.64. The molecule has 21 heavy (non-hydrogen) atoms. The molecule has 2 heterocycles. The molecule has 0 radical (unpaired) electrons. The number of carboxylic acid groups (broad SMARTS) is 1. The van der Waals surface area contributed by atoms with Crippen LogP contribution in [0.3, 0.4) is 0 Å². The van der Waals surface area contributed by atoms with Crippen LogP contribution in [0.2, 0.25) is 5.15 Å². The number of rotatable bonds is 3. The lowest BCUT2D eigenvalue weighted by Gasteiger charge is -2.43. The molecule has 1 saturated heterocycles. The van der Waals surface area contributed by atoms with E-state index in [0.717, 1.165) is 13.1 Å². The first-order valence-corrected chi connectivity index (χ1v) is 7.48. The van der Waals surface area contributed by atoms with E-state index in [4.69, 9.17) is 11.6 Å². The van der Waals surface area contributed by atoms with E-state index < -0.39 is 12.0 Å². The fourth-order valence-corrected chi connectivity index (χ4v) is 3.09. The average molecular weight is 315 g/mol. The van der Waals surface area contributed by atoms with Gasteiger partial charge < -0.3 is 9.67 Å².